The van der Waals surface area contributed by atoms with E-state index in [0.29, 0.717) is 6.04 Å². The number of aromatic nitrogens is 1. The summed E-state index contributed by atoms with van der Waals surface area (Å²) < 4.78 is 5.50. The van der Waals surface area contributed by atoms with Crippen molar-refractivity contribution in [2.75, 3.05) is 19.8 Å². The lowest BCUT2D eigenvalue weighted by atomic mass is 10.0. The van der Waals surface area contributed by atoms with E-state index in [9.17, 15) is 0 Å². The molecular formula is C13H14N2O. The van der Waals surface area contributed by atoms with E-state index in [-0.39, 0.29) is 0 Å². The molecule has 1 aromatic carbocycles. The molecule has 3 nitrogen and oxygen atoms in total. The summed E-state index contributed by atoms with van der Waals surface area (Å²) in [4.78, 5) is 4.37. The van der Waals surface area contributed by atoms with Crippen molar-refractivity contribution in [2.45, 2.75) is 6.04 Å². The van der Waals surface area contributed by atoms with Crippen molar-refractivity contribution in [1.29, 1.82) is 0 Å². The van der Waals surface area contributed by atoms with Gasteiger partial charge in [-0.15, -0.1) is 0 Å². The molecule has 82 valence electrons. The molecule has 2 aromatic rings. The topological polar surface area (TPSA) is 34.1 Å². The molecule has 0 radical (unpaired) electrons. The standard InChI is InChI=1S/C13H14N2O/c1-2-4-12-10(3-1)11(5-6-14-12)13-9-16-8-7-15-13/h1-6,13,15H,7-9H2/t13-/m0/s1. The summed E-state index contributed by atoms with van der Waals surface area (Å²) in [6, 6.07) is 10.6. The first-order chi connectivity index (χ1) is 7.95. The molecule has 0 aliphatic carbocycles. The summed E-state index contributed by atoms with van der Waals surface area (Å²) in [5.41, 5.74) is 2.33. The third-order valence-electron chi connectivity index (χ3n) is 2.98. The Morgan fingerprint density at radius 1 is 1.25 bits per heavy atom. The molecule has 2 heterocycles. The van der Waals surface area contributed by atoms with Gasteiger partial charge in [0.05, 0.1) is 24.8 Å². The van der Waals surface area contributed by atoms with Gasteiger partial charge in [-0.25, -0.2) is 0 Å². The third-order valence-corrected chi connectivity index (χ3v) is 2.98. The lowest BCUT2D eigenvalue weighted by Crippen LogP contribution is -2.34. The number of para-hydroxylation sites is 1. The Hall–Kier alpha value is -1.45. The normalized spacial score (nSPS) is 21.1. The highest BCUT2D eigenvalue weighted by atomic mass is 16.5. The van der Waals surface area contributed by atoms with Crippen LogP contribution < -0.4 is 5.32 Å². The van der Waals surface area contributed by atoms with Crippen LogP contribution in [0.25, 0.3) is 10.9 Å². The number of ether oxygens (including phenoxy) is 1. The average Bonchev–Trinajstić information content (AvgIpc) is 2.39. The summed E-state index contributed by atoms with van der Waals surface area (Å²) in [6.07, 6.45) is 1.87. The second-order valence-corrected chi connectivity index (χ2v) is 4.00. The summed E-state index contributed by atoms with van der Waals surface area (Å²) in [5, 5.41) is 4.69. The van der Waals surface area contributed by atoms with Crippen molar-refractivity contribution in [1.82, 2.24) is 10.3 Å². The number of nitrogens with zero attached hydrogens (tertiary/aromatic N) is 1. The lowest BCUT2D eigenvalue weighted by molar-refractivity contribution is 0.0773. The molecule has 0 spiro atoms. The van der Waals surface area contributed by atoms with Crippen LogP contribution in [0.2, 0.25) is 0 Å². The highest BCUT2D eigenvalue weighted by Gasteiger charge is 2.17. The fourth-order valence-corrected chi connectivity index (χ4v) is 2.19. The number of rotatable bonds is 1. The van der Waals surface area contributed by atoms with Crippen molar-refractivity contribution < 1.29 is 4.74 Å². The van der Waals surface area contributed by atoms with E-state index < -0.39 is 0 Å². The molecule has 1 aliphatic rings. The van der Waals surface area contributed by atoms with Crippen molar-refractivity contribution in [3.63, 3.8) is 0 Å². The van der Waals surface area contributed by atoms with Crippen LogP contribution in [0.15, 0.2) is 36.5 Å². The van der Waals surface area contributed by atoms with Gasteiger partial charge < -0.3 is 10.1 Å². The number of morpholine rings is 1. The molecule has 1 saturated heterocycles. The van der Waals surface area contributed by atoms with Gasteiger partial charge in [0.2, 0.25) is 0 Å². The molecule has 0 unspecified atom stereocenters. The van der Waals surface area contributed by atoms with E-state index in [0.717, 1.165) is 25.3 Å². The van der Waals surface area contributed by atoms with Gasteiger partial charge in [0, 0.05) is 18.1 Å². The number of fused-ring (bicyclic) bond motifs is 1. The van der Waals surface area contributed by atoms with Crippen LogP contribution in [0, 0.1) is 0 Å². The van der Waals surface area contributed by atoms with Gasteiger partial charge in [0.1, 0.15) is 0 Å². The molecule has 0 bridgehead atoms. The van der Waals surface area contributed by atoms with Crippen LogP contribution in [-0.4, -0.2) is 24.7 Å². The van der Waals surface area contributed by atoms with Crippen molar-refractivity contribution in [2.24, 2.45) is 0 Å². The van der Waals surface area contributed by atoms with Crippen LogP contribution in [-0.2, 0) is 4.74 Å². The highest BCUT2D eigenvalue weighted by molar-refractivity contribution is 5.82. The first-order valence-electron chi connectivity index (χ1n) is 5.60. The van der Waals surface area contributed by atoms with Crippen molar-refractivity contribution >= 4 is 10.9 Å². The quantitative estimate of drug-likeness (QED) is 0.787. The summed E-state index contributed by atoms with van der Waals surface area (Å²) in [7, 11) is 0. The smallest absolute Gasteiger partial charge is 0.0705 e. The zero-order valence-electron chi connectivity index (χ0n) is 9.02. The molecule has 1 fully saturated rings. The Morgan fingerprint density at radius 2 is 2.19 bits per heavy atom. The number of hydrogen-bond acceptors (Lipinski definition) is 3. The SMILES string of the molecule is c1ccc2c([C@@H]3COCCN3)ccnc2c1. The summed E-state index contributed by atoms with van der Waals surface area (Å²) in [6.45, 7) is 2.47. The first-order valence-corrected chi connectivity index (χ1v) is 5.60. The van der Waals surface area contributed by atoms with Crippen LogP contribution in [0.5, 0.6) is 0 Å². The van der Waals surface area contributed by atoms with Gasteiger partial charge in [-0.1, -0.05) is 18.2 Å². The Labute approximate surface area is 94.5 Å². The second kappa shape index (κ2) is 4.20. The average molecular weight is 214 g/mol. The maximum absolute atomic E-state index is 5.50. The number of pyridine rings is 1. The van der Waals surface area contributed by atoms with Gasteiger partial charge in [-0.2, -0.15) is 0 Å². The number of hydrogen-bond donors (Lipinski definition) is 1. The number of nitrogens with one attached hydrogen (secondary N) is 1. The predicted molar refractivity (Wildman–Crippen MR) is 63.3 cm³/mol. The van der Waals surface area contributed by atoms with Gasteiger partial charge in [0.15, 0.2) is 0 Å². The molecule has 0 saturated carbocycles. The Bertz CT molecular complexity index is 487. The molecular weight excluding hydrogens is 200 g/mol. The van der Waals surface area contributed by atoms with E-state index in [1.807, 2.05) is 18.3 Å². The predicted octanol–water partition coefficient (Wildman–Crippen LogP) is 1.90. The van der Waals surface area contributed by atoms with E-state index in [2.05, 4.69) is 28.5 Å². The maximum atomic E-state index is 5.50. The lowest BCUT2D eigenvalue weighted by Gasteiger charge is -2.25. The molecule has 1 N–H and O–H groups in total. The third kappa shape index (κ3) is 1.68. The largest absolute Gasteiger partial charge is 0.378 e. The van der Waals surface area contributed by atoms with E-state index >= 15 is 0 Å². The summed E-state index contributed by atoms with van der Waals surface area (Å²) >= 11 is 0. The molecule has 16 heavy (non-hydrogen) atoms. The van der Waals surface area contributed by atoms with Gasteiger partial charge in [0.25, 0.3) is 0 Å². The van der Waals surface area contributed by atoms with E-state index in [1.54, 1.807) is 0 Å². The second-order valence-electron chi connectivity index (χ2n) is 4.00. The maximum Gasteiger partial charge on any atom is 0.0705 e. The minimum atomic E-state index is 0.293. The minimum Gasteiger partial charge on any atom is -0.378 e. The fraction of sp³-hybridized carbons (Fsp3) is 0.308. The molecule has 1 aliphatic heterocycles. The van der Waals surface area contributed by atoms with Crippen LogP contribution in [0.3, 0.4) is 0 Å². The minimum absolute atomic E-state index is 0.293. The molecule has 1 atom stereocenters. The van der Waals surface area contributed by atoms with Gasteiger partial charge >= 0.3 is 0 Å². The Balaban J connectivity index is 2.08. The van der Waals surface area contributed by atoms with Crippen molar-refractivity contribution in [3.05, 3.63) is 42.1 Å². The van der Waals surface area contributed by atoms with Gasteiger partial charge in [-0.05, 0) is 17.7 Å². The monoisotopic (exact) mass is 214 g/mol. The number of benzene rings is 1. The van der Waals surface area contributed by atoms with Crippen LogP contribution in [0.1, 0.15) is 11.6 Å². The highest BCUT2D eigenvalue weighted by Crippen LogP contribution is 2.23. The first kappa shape index (κ1) is 9.75. The molecule has 3 heteroatoms. The van der Waals surface area contributed by atoms with E-state index in [4.69, 9.17) is 4.74 Å². The van der Waals surface area contributed by atoms with E-state index in [1.165, 1.54) is 10.9 Å². The molecule has 3 rings (SSSR count). The zero-order valence-corrected chi connectivity index (χ0v) is 9.02. The molecule has 1 aromatic heterocycles. The zero-order chi connectivity index (χ0) is 10.8. The van der Waals surface area contributed by atoms with Crippen LogP contribution >= 0.6 is 0 Å². The summed E-state index contributed by atoms with van der Waals surface area (Å²) in [5.74, 6) is 0. The Kier molecular flexibility index (Phi) is 2.56. The van der Waals surface area contributed by atoms with Gasteiger partial charge in [-0.3, -0.25) is 4.98 Å². The van der Waals surface area contributed by atoms with Crippen molar-refractivity contribution in [3.8, 4) is 0 Å². The molecule has 0 amide bonds. The van der Waals surface area contributed by atoms with Crippen LogP contribution in [0.4, 0.5) is 0 Å². The Morgan fingerprint density at radius 3 is 3.06 bits per heavy atom. The fourth-order valence-electron chi connectivity index (χ4n) is 2.19.